The standard InChI is InChI=1S/C14H19N5O/c1-19(2)13-16-12(15)17-14(18-13)20-10-6-9-11-7-4-3-5-8-11/h3-5,7-8H,6,9-10H2,1-2H3,(H2,15,16,17,18). The van der Waals surface area contributed by atoms with Crippen molar-refractivity contribution in [1.82, 2.24) is 15.0 Å². The number of hydrogen-bond donors (Lipinski definition) is 1. The Morgan fingerprint density at radius 3 is 2.55 bits per heavy atom. The highest BCUT2D eigenvalue weighted by Crippen LogP contribution is 2.11. The van der Waals surface area contributed by atoms with Gasteiger partial charge in [0.15, 0.2) is 0 Å². The zero-order chi connectivity index (χ0) is 14.4. The van der Waals surface area contributed by atoms with Crippen LogP contribution in [-0.2, 0) is 6.42 Å². The van der Waals surface area contributed by atoms with Gasteiger partial charge in [-0.25, -0.2) is 0 Å². The molecule has 0 saturated carbocycles. The second-order valence-electron chi connectivity index (χ2n) is 4.61. The average Bonchev–Trinajstić information content (AvgIpc) is 2.44. The molecule has 0 atom stereocenters. The third-order valence-corrected chi connectivity index (χ3v) is 2.70. The van der Waals surface area contributed by atoms with Crippen LogP contribution in [0.25, 0.3) is 0 Å². The van der Waals surface area contributed by atoms with Crippen molar-refractivity contribution in [1.29, 1.82) is 0 Å². The molecule has 20 heavy (non-hydrogen) atoms. The molecule has 0 radical (unpaired) electrons. The predicted octanol–water partition coefficient (Wildman–Crippen LogP) is 1.53. The topological polar surface area (TPSA) is 77.2 Å². The van der Waals surface area contributed by atoms with Gasteiger partial charge in [-0.15, -0.1) is 0 Å². The molecule has 2 N–H and O–H groups in total. The average molecular weight is 273 g/mol. The molecule has 0 amide bonds. The van der Waals surface area contributed by atoms with E-state index in [1.54, 1.807) is 4.90 Å². The second-order valence-corrected chi connectivity index (χ2v) is 4.61. The van der Waals surface area contributed by atoms with Crippen LogP contribution in [-0.4, -0.2) is 35.7 Å². The normalized spacial score (nSPS) is 10.3. The number of aromatic nitrogens is 3. The summed E-state index contributed by atoms with van der Waals surface area (Å²) in [6.45, 7) is 0.547. The Labute approximate surface area is 118 Å². The number of hydrogen-bond acceptors (Lipinski definition) is 6. The van der Waals surface area contributed by atoms with Gasteiger partial charge in [0.1, 0.15) is 0 Å². The molecule has 6 heteroatoms. The van der Waals surface area contributed by atoms with Gasteiger partial charge >= 0.3 is 6.01 Å². The number of nitrogens with two attached hydrogens (primary N) is 1. The number of nitrogens with zero attached hydrogens (tertiary/aromatic N) is 4. The smallest absolute Gasteiger partial charge is 0.323 e. The zero-order valence-corrected chi connectivity index (χ0v) is 11.8. The molecule has 0 saturated heterocycles. The first kappa shape index (κ1) is 14.0. The fourth-order valence-electron chi connectivity index (χ4n) is 1.71. The lowest BCUT2D eigenvalue weighted by Gasteiger charge is -2.11. The lowest BCUT2D eigenvalue weighted by Crippen LogP contribution is -2.15. The SMILES string of the molecule is CN(C)c1nc(N)nc(OCCCc2ccccc2)n1. The monoisotopic (exact) mass is 273 g/mol. The van der Waals surface area contributed by atoms with Crippen LogP contribution in [0.5, 0.6) is 6.01 Å². The Bertz CT molecular complexity index is 545. The molecule has 0 aliphatic rings. The Hall–Kier alpha value is -2.37. The summed E-state index contributed by atoms with van der Waals surface area (Å²) >= 11 is 0. The molecule has 2 rings (SSSR count). The van der Waals surface area contributed by atoms with E-state index in [9.17, 15) is 0 Å². The lowest BCUT2D eigenvalue weighted by molar-refractivity contribution is 0.286. The van der Waals surface area contributed by atoms with Gasteiger partial charge in [0.05, 0.1) is 6.61 Å². The van der Waals surface area contributed by atoms with E-state index in [0.29, 0.717) is 12.6 Å². The molecule has 2 aromatic rings. The minimum atomic E-state index is 0.168. The van der Waals surface area contributed by atoms with Crippen molar-refractivity contribution in [2.75, 3.05) is 31.3 Å². The minimum Gasteiger partial charge on any atom is -0.463 e. The maximum absolute atomic E-state index is 5.62. The fourth-order valence-corrected chi connectivity index (χ4v) is 1.71. The Kier molecular flexibility index (Phi) is 4.70. The van der Waals surface area contributed by atoms with Crippen LogP contribution in [0, 0.1) is 0 Å². The first-order chi connectivity index (χ1) is 9.65. The Balaban J connectivity index is 1.85. The second kappa shape index (κ2) is 6.70. The number of anilines is 2. The predicted molar refractivity (Wildman–Crippen MR) is 78.8 cm³/mol. The molecule has 6 nitrogen and oxygen atoms in total. The number of nitrogen functional groups attached to an aromatic ring is 1. The third-order valence-electron chi connectivity index (χ3n) is 2.70. The van der Waals surface area contributed by atoms with Crippen molar-refractivity contribution in [2.45, 2.75) is 12.8 Å². The van der Waals surface area contributed by atoms with Gasteiger partial charge < -0.3 is 15.4 Å². The summed E-state index contributed by atoms with van der Waals surface area (Å²) in [6, 6.07) is 10.6. The molecule has 1 heterocycles. The lowest BCUT2D eigenvalue weighted by atomic mass is 10.1. The molecule has 0 spiro atoms. The zero-order valence-electron chi connectivity index (χ0n) is 11.8. The van der Waals surface area contributed by atoms with Gasteiger partial charge in [-0.1, -0.05) is 30.3 Å². The van der Waals surface area contributed by atoms with E-state index in [2.05, 4.69) is 27.1 Å². The molecule has 0 fully saturated rings. The van der Waals surface area contributed by atoms with Crippen molar-refractivity contribution in [3.8, 4) is 6.01 Å². The summed E-state index contributed by atoms with van der Waals surface area (Å²) in [5.41, 5.74) is 6.92. The molecule has 1 aromatic heterocycles. The van der Waals surface area contributed by atoms with Crippen LogP contribution in [0.15, 0.2) is 30.3 Å². The number of aryl methyl sites for hydroxylation is 1. The van der Waals surface area contributed by atoms with Crippen LogP contribution < -0.4 is 15.4 Å². The summed E-state index contributed by atoms with van der Waals surface area (Å²) in [5, 5.41) is 0. The molecular formula is C14H19N5O. The molecule has 0 unspecified atom stereocenters. The summed E-state index contributed by atoms with van der Waals surface area (Å²) in [7, 11) is 3.68. The summed E-state index contributed by atoms with van der Waals surface area (Å²) in [4.78, 5) is 13.9. The highest BCUT2D eigenvalue weighted by atomic mass is 16.5. The van der Waals surface area contributed by atoms with E-state index < -0.39 is 0 Å². The largest absolute Gasteiger partial charge is 0.463 e. The van der Waals surface area contributed by atoms with Gasteiger partial charge in [0.25, 0.3) is 0 Å². The van der Waals surface area contributed by atoms with Gasteiger partial charge in [0, 0.05) is 14.1 Å². The van der Waals surface area contributed by atoms with Crippen LogP contribution in [0.1, 0.15) is 12.0 Å². The van der Waals surface area contributed by atoms with Crippen LogP contribution in [0.3, 0.4) is 0 Å². The maximum atomic E-state index is 5.62. The third kappa shape index (κ3) is 4.08. The fraction of sp³-hybridized carbons (Fsp3) is 0.357. The Morgan fingerprint density at radius 1 is 1.10 bits per heavy atom. The van der Waals surface area contributed by atoms with Crippen molar-refractivity contribution in [2.24, 2.45) is 0 Å². The number of rotatable bonds is 6. The van der Waals surface area contributed by atoms with Crippen molar-refractivity contribution in [3.05, 3.63) is 35.9 Å². The summed E-state index contributed by atoms with van der Waals surface area (Å²) < 4.78 is 5.53. The van der Waals surface area contributed by atoms with E-state index in [-0.39, 0.29) is 12.0 Å². The first-order valence-corrected chi connectivity index (χ1v) is 6.51. The quantitative estimate of drug-likeness (QED) is 0.804. The number of benzene rings is 1. The molecule has 0 aliphatic carbocycles. The summed E-state index contributed by atoms with van der Waals surface area (Å²) in [6.07, 6.45) is 1.86. The highest BCUT2D eigenvalue weighted by Gasteiger charge is 2.06. The first-order valence-electron chi connectivity index (χ1n) is 6.51. The molecule has 106 valence electrons. The van der Waals surface area contributed by atoms with E-state index in [1.807, 2.05) is 32.3 Å². The molecule has 1 aromatic carbocycles. The highest BCUT2D eigenvalue weighted by molar-refractivity contribution is 5.33. The van der Waals surface area contributed by atoms with Crippen LogP contribution in [0.2, 0.25) is 0 Å². The molecule has 0 aliphatic heterocycles. The van der Waals surface area contributed by atoms with Gasteiger partial charge in [-0.3, -0.25) is 0 Å². The van der Waals surface area contributed by atoms with E-state index in [1.165, 1.54) is 5.56 Å². The van der Waals surface area contributed by atoms with E-state index >= 15 is 0 Å². The number of ether oxygens (including phenoxy) is 1. The molecule has 0 bridgehead atoms. The van der Waals surface area contributed by atoms with E-state index in [4.69, 9.17) is 10.5 Å². The van der Waals surface area contributed by atoms with Crippen LogP contribution in [0.4, 0.5) is 11.9 Å². The van der Waals surface area contributed by atoms with Gasteiger partial charge in [0.2, 0.25) is 11.9 Å². The van der Waals surface area contributed by atoms with Gasteiger partial charge in [-0.05, 0) is 18.4 Å². The Morgan fingerprint density at radius 2 is 1.85 bits per heavy atom. The van der Waals surface area contributed by atoms with E-state index in [0.717, 1.165) is 12.8 Å². The van der Waals surface area contributed by atoms with Crippen molar-refractivity contribution in [3.63, 3.8) is 0 Å². The van der Waals surface area contributed by atoms with Gasteiger partial charge in [-0.2, -0.15) is 15.0 Å². The summed E-state index contributed by atoms with van der Waals surface area (Å²) in [5.74, 6) is 0.664. The molecular weight excluding hydrogens is 254 g/mol. The minimum absolute atomic E-state index is 0.168. The maximum Gasteiger partial charge on any atom is 0.323 e. The van der Waals surface area contributed by atoms with Crippen LogP contribution >= 0.6 is 0 Å². The van der Waals surface area contributed by atoms with Crippen molar-refractivity contribution < 1.29 is 4.74 Å². The van der Waals surface area contributed by atoms with Crippen molar-refractivity contribution >= 4 is 11.9 Å².